The third kappa shape index (κ3) is 3.44. The standard InChI is InChI=1S/C13H20N6OS/c1-7(2)11-15-9(14-5)6-10(16-11)21-13-18-17-12(20)19(13)8(3)4/h6-8H,1-5H3,(H,17,20)(H,14,15,16). The van der Waals surface area contributed by atoms with Crippen LogP contribution in [0.25, 0.3) is 0 Å². The van der Waals surface area contributed by atoms with Crippen molar-refractivity contribution in [3.63, 3.8) is 0 Å². The van der Waals surface area contributed by atoms with Crippen molar-refractivity contribution >= 4 is 17.6 Å². The van der Waals surface area contributed by atoms with Crippen LogP contribution in [-0.2, 0) is 0 Å². The van der Waals surface area contributed by atoms with Crippen LogP contribution in [0.1, 0.15) is 45.5 Å². The Bertz CT molecular complexity index is 676. The van der Waals surface area contributed by atoms with Crippen molar-refractivity contribution in [3.05, 3.63) is 22.4 Å². The Labute approximate surface area is 127 Å². The molecule has 0 amide bonds. The summed E-state index contributed by atoms with van der Waals surface area (Å²) in [6, 6.07) is 1.88. The van der Waals surface area contributed by atoms with E-state index in [-0.39, 0.29) is 17.6 Å². The summed E-state index contributed by atoms with van der Waals surface area (Å²) in [6.45, 7) is 7.97. The second kappa shape index (κ2) is 6.30. The quantitative estimate of drug-likeness (QED) is 0.824. The Kier molecular flexibility index (Phi) is 4.66. The number of rotatable bonds is 5. The zero-order valence-electron chi connectivity index (χ0n) is 12.8. The number of anilines is 1. The molecule has 0 unspecified atom stereocenters. The minimum Gasteiger partial charge on any atom is -0.373 e. The molecule has 0 saturated carbocycles. The molecule has 2 aromatic heterocycles. The third-order valence-corrected chi connectivity index (χ3v) is 3.77. The number of nitrogens with zero attached hydrogens (tertiary/aromatic N) is 4. The summed E-state index contributed by atoms with van der Waals surface area (Å²) >= 11 is 1.35. The van der Waals surface area contributed by atoms with Crippen molar-refractivity contribution in [2.24, 2.45) is 0 Å². The zero-order valence-corrected chi connectivity index (χ0v) is 13.7. The number of aromatic amines is 1. The first-order chi connectivity index (χ1) is 9.92. The van der Waals surface area contributed by atoms with Gasteiger partial charge in [-0.15, -0.1) is 5.10 Å². The molecule has 0 fully saturated rings. The summed E-state index contributed by atoms with van der Waals surface area (Å²) < 4.78 is 1.61. The highest BCUT2D eigenvalue weighted by Gasteiger charge is 2.15. The van der Waals surface area contributed by atoms with Gasteiger partial charge in [-0.2, -0.15) is 0 Å². The van der Waals surface area contributed by atoms with Crippen molar-refractivity contribution in [1.29, 1.82) is 0 Å². The van der Waals surface area contributed by atoms with Crippen LogP contribution in [0.5, 0.6) is 0 Å². The fraction of sp³-hybridized carbons (Fsp3) is 0.538. The summed E-state index contributed by atoms with van der Waals surface area (Å²) in [5.41, 5.74) is -0.209. The van der Waals surface area contributed by atoms with Crippen molar-refractivity contribution in [2.45, 2.75) is 49.8 Å². The van der Waals surface area contributed by atoms with Gasteiger partial charge in [-0.25, -0.2) is 19.9 Å². The Morgan fingerprint density at radius 2 is 2.00 bits per heavy atom. The largest absolute Gasteiger partial charge is 0.373 e. The Morgan fingerprint density at radius 3 is 2.57 bits per heavy atom. The molecule has 0 aliphatic heterocycles. The van der Waals surface area contributed by atoms with E-state index in [9.17, 15) is 4.79 Å². The molecule has 0 atom stereocenters. The van der Waals surface area contributed by atoms with Gasteiger partial charge in [0.15, 0.2) is 5.16 Å². The monoisotopic (exact) mass is 308 g/mol. The average Bonchev–Trinajstić information content (AvgIpc) is 2.79. The fourth-order valence-corrected chi connectivity index (χ4v) is 2.77. The number of H-pyrrole nitrogens is 1. The lowest BCUT2D eigenvalue weighted by Gasteiger charge is -2.11. The molecule has 2 heterocycles. The average molecular weight is 308 g/mol. The fourth-order valence-electron chi connectivity index (χ4n) is 1.79. The maximum absolute atomic E-state index is 11.8. The minimum atomic E-state index is -0.209. The van der Waals surface area contributed by atoms with Gasteiger partial charge in [0.05, 0.1) is 0 Å². The van der Waals surface area contributed by atoms with Gasteiger partial charge in [-0.3, -0.25) is 4.57 Å². The molecule has 0 saturated heterocycles. The first-order valence-corrected chi connectivity index (χ1v) is 7.65. The topological polar surface area (TPSA) is 88.5 Å². The summed E-state index contributed by atoms with van der Waals surface area (Å²) in [7, 11) is 1.82. The highest BCUT2D eigenvalue weighted by molar-refractivity contribution is 7.99. The van der Waals surface area contributed by atoms with Gasteiger partial charge < -0.3 is 5.32 Å². The number of nitrogens with one attached hydrogen (secondary N) is 2. The second-order valence-corrected chi connectivity index (χ2v) is 6.22. The molecule has 0 spiro atoms. The molecule has 2 aromatic rings. The van der Waals surface area contributed by atoms with E-state index < -0.39 is 0 Å². The molecule has 2 N–H and O–H groups in total. The van der Waals surface area contributed by atoms with E-state index in [0.29, 0.717) is 5.16 Å². The smallest absolute Gasteiger partial charge is 0.344 e. The predicted molar refractivity (Wildman–Crippen MR) is 83.0 cm³/mol. The van der Waals surface area contributed by atoms with Crippen molar-refractivity contribution in [1.82, 2.24) is 24.7 Å². The summed E-state index contributed by atoms with van der Waals surface area (Å²) in [5.74, 6) is 1.74. The molecule has 7 nitrogen and oxygen atoms in total. The highest BCUT2D eigenvalue weighted by Crippen LogP contribution is 2.27. The summed E-state index contributed by atoms with van der Waals surface area (Å²) in [6.07, 6.45) is 0. The van der Waals surface area contributed by atoms with E-state index in [0.717, 1.165) is 16.7 Å². The Hall–Kier alpha value is -1.83. The molecule has 21 heavy (non-hydrogen) atoms. The second-order valence-electron chi connectivity index (χ2n) is 5.23. The van der Waals surface area contributed by atoms with E-state index in [1.807, 2.05) is 40.8 Å². The number of aromatic nitrogens is 5. The Balaban J connectivity index is 2.40. The van der Waals surface area contributed by atoms with Crippen LogP contribution in [0, 0.1) is 0 Å². The van der Waals surface area contributed by atoms with E-state index in [1.54, 1.807) is 4.57 Å². The molecule has 0 radical (unpaired) electrons. The van der Waals surface area contributed by atoms with Gasteiger partial charge in [0.25, 0.3) is 0 Å². The molecular formula is C13H20N6OS. The van der Waals surface area contributed by atoms with Gasteiger partial charge in [0.1, 0.15) is 16.7 Å². The number of hydrogen-bond donors (Lipinski definition) is 2. The van der Waals surface area contributed by atoms with Gasteiger partial charge in [0.2, 0.25) is 0 Å². The molecule has 0 aliphatic rings. The van der Waals surface area contributed by atoms with Gasteiger partial charge >= 0.3 is 5.69 Å². The van der Waals surface area contributed by atoms with Crippen LogP contribution < -0.4 is 11.0 Å². The van der Waals surface area contributed by atoms with Crippen LogP contribution in [0.15, 0.2) is 21.0 Å². The van der Waals surface area contributed by atoms with E-state index in [1.165, 1.54) is 11.8 Å². The van der Waals surface area contributed by atoms with Crippen LogP contribution in [0.3, 0.4) is 0 Å². The normalized spacial score (nSPS) is 11.4. The van der Waals surface area contributed by atoms with Crippen molar-refractivity contribution in [2.75, 3.05) is 12.4 Å². The molecule has 8 heteroatoms. The molecule has 0 aromatic carbocycles. The molecule has 0 bridgehead atoms. The lowest BCUT2D eigenvalue weighted by Crippen LogP contribution is -2.19. The SMILES string of the molecule is CNc1cc(Sc2n[nH]c(=O)n2C(C)C)nc(C(C)C)n1. The lowest BCUT2D eigenvalue weighted by molar-refractivity contribution is 0.533. The van der Waals surface area contributed by atoms with Crippen LogP contribution in [0.2, 0.25) is 0 Å². The molecule has 114 valence electrons. The van der Waals surface area contributed by atoms with Gasteiger partial charge in [-0.05, 0) is 25.6 Å². The van der Waals surface area contributed by atoms with E-state index >= 15 is 0 Å². The first kappa shape index (κ1) is 15.6. The third-order valence-electron chi connectivity index (χ3n) is 2.88. The molecular weight excluding hydrogens is 288 g/mol. The highest BCUT2D eigenvalue weighted by atomic mass is 32.2. The van der Waals surface area contributed by atoms with Crippen LogP contribution in [0.4, 0.5) is 5.82 Å². The maximum Gasteiger partial charge on any atom is 0.344 e. The van der Waals surface area contributed by atoms with Crippen molar-refractivity contribution in [3.8, 4) is 0 Å². The lowest BCUT2D eigenvalue weighted by atomic mass is 10.2. The van der Waals surface area contributed by atoms with E-state index in [4.69, 9.17) is 0 Å². The van der Waals surface area contributed by atoms with Gasteiger partial charge in [-0.1, -0.05) is 13.8 Å². The minimum absolute atomic E-state index is 0.0360. The van der Waals surface area contributed by atoms with E-state index in [2.05, 4.69) is 25.5 Å². The summed E-state index contributed by atoms with van der Waals surface area (Å²) in [4.78, 5) is 20.7. The predicted octanol–water partition coefficient (Wildman–Crippen LogP) is 2.26. The van der Waals surface area contributed by atoms with Crippen LogP contribution in [-0.4, -0.2) is 31.8 Å². The summed E-state index contributed by atoms with van der Waals surface area (Å²) in [5, 5.41) is 10.9. The number of hydrogen-bond acceptors (Lipinski definition) is 6. The molecule has 2 rings (SSSR count). The first-order valence-electron chi connectivity index (χ1n) is 6.83. The van der Waals surface area contributed by atoms with Crippen LogP contribution >= 0.6 is 11.8 Å². The Morgan fingerprint density at radius 1 is 1.29 bits per heavy atom. The maximum atomic E-state index is 11.8. The van der Waals surface area contributed by atoms with Crippen molar-refractivity contribution < 1.29 is 0 Å². The zero-order chi connectivity index (χ0) is 15.6. The van der Waals surface area contributed by atoms with Gasteiger partial charge in [0, 0.05) is 25.1 Å². The molecule has 0 aliphatic carbocycles.